The number of Topliss-reactive ketones (excluding diaryl/α,β-unsaturated/α-hetero) is 1. The van der Waals surface area contributed by atoms with Gasteiger partial charge in [-0.15, -0.1) is 0 Å². The molecule has 0 aromatic carbocycles. The molecule has 0 rings (SSSR count). The number of carbonyl (C=O) groups excluding carboxylic acids is 4. The van der Waals surface area contributed by atoms with Gasteiger partial charge in [-0.2, -0.15) is 0 Å². The van der Waals surface area contributed by atoms with E-state index in [2.05, 4.69) is 16.0 Å². The van der Waals surface area contributed by atoms with Crippen LogP contribution >= 0.6 is 0 Å². The molecule has 0 saturated heterocycles. The largest absolute Gasteiger partial charge is 0.356 e. The van der Waals surface area contributed by atoms with Crippen LogP contribution in [-0.4, -0.2) is 43.1 Å². The van der Waals surface area contributed by atoms with E-state index in [0.717, 1.165) is 6.42 Å². The third-order valence-corrected chi connectivity index (χ3v) is 3.40. The minimum Gasteiger partial charge on any atom is -0.356 e. The van der Waals surface area contributed by atoms with Crippen molar-refractivity contribution in [2.24, 2.45) is 0 Å². The monoisotopic (exact) mass is 347 g/mol. The van der Waals surface area contributed by atoms with Gasteiger partial charge in [-0.3, -0.25) is 19.2 Å². The Hall–Kier alpha value is -1.92. The first-order valence-electron chi connectivity index (χ1n) is 8.81. The number of carbonyl (C=O) groups is 4. The van der Waals surface area contributed by atoms with Crippen LogP contribution in [0.4, 0.5) is 0 Å². The fourth-order valence-electron chi connectivity index (χ4n) is 1.91. The topological polar surface area (TPSA) is 104 Å². The number of nitrogens with one attached hydrogen (secondary N) is 3. The summed E-state index contributed by atoms with van der Waals surface area (Å²) in [7, 11) is 0. The molecule has 0 fully saturated rings. The zero-order chi connectivity index (χ0) is 18.2. The molecule has 0 aliphatic rings. The van der Waals surface area contributed by atoms with Crippen molar-refractivity contribution in [3.63, 3.8) is 0 Å². The van der Waals surface area contributed by atoms with Crippen LogP contribution in [0.1, 0.15) is 69.5 Å². The number of ketones is 1. The third-order valence-electron chi connectivity index (χ3n) is 3.40. The van der Waals surface area contributed by atoms with Crippen molar-refractivity contribution < 1.29 is 23.5 Å². The Balaban J connectivity index is -0.000000882. The van der Waals surface area contributed by atoms with E-state index in [-0.39, 0.29) is 40.6 Å². The highest BCUT2D eigenvalue weighted by molar-refractivity contribution is 5.84. The van der Waals surface area contributed by atoms with Crippen molar-refractivity contribution in [1.82, 2.24) is 16.0 Å². The normalized spacial score (nSPS) is 10.1. The zero-order valence-corrected chi connectivity index (χ0v) is 14.9. The molecule has 0 aromatic heterocycles. The van der Waals surface area contributed by atoms with E-state index >= 15 is 0 Å². The maximum Gasteiger partial charge on any atom is 0.220 e. The second kappa shape index (κ2) is 14.7. The van der Waals surface area contributed by atoms with Gasteiger partial charge in [-0.1, -0.05) is 13.8 Å². The highest BCUT2D eigenvalue weighted by Gasteiger charge is 2.06. The summed E-state index contributed by atoms with van der Waals surface area (Å²) >= 11 is 0. The lowest BCUT2D eigenvalue weighted by Crippen LogP contribution is -2.29. The van der Waals surface area contributed by atoms with E-state index in [1.807, 2.05) is 6.92 Å². The predicted molar refractivity (Wildman–Crippen MR) is 98.7 cm³/mol. The molecular weight excluding hydrogens is 310 g/mol. The maximum absolute atomic E-state index is 11.6. The summed E-state index contributed by atoms with van der Waals surface area (Å²) in [6.45, 7) is 5.35. The van der Waals surface area contributed by atoms with Crippen LogP contribution in [0.3, 0.4) is 0 Å². The van der Waals surface area contributed by atoms with Crippen LogP contribution in [0.5, 0.6) is 0 Å². The quantitative estimate of drug-likeness (QED) is 0.417. The van der Waals surface area contributed by atoms with Gasteiger partial charge in [0.25, 0.3) is 0 Å². The van der Waals surface area contributed by atoms with Gasteiger partial charge >= 0.3 is 0 Å². The maximum atomic E-state index is 11.6. The highest BCUT2D eigenvalue weighted by Crippen LogP contribution is 1.95. The lowest BCUT2D eigenvalue weighted by atomic mass is 10.2. The second-order valence-electron chi connectivity index (χ2n) is 5.65. The summed E-state index contributed by atoms with van der Waals surface area (Å²) in [5, 5.41) is 8.23. The summed E-state index contributed by atoms with van der Waals surface area (Å²) in [6, 6.07) is 0. The van der Waals surface area contributed by atoms with E-state index in [9.17, 15) is 19.2 Å². The number of amides is 3. The van der Waals surface area contributed by atoms with E-state index in [1.165, 1.54) is 0 Å². The van der Waals surface area contributed by atoms with Gasteiger partial charge in [-0.25, -0.2) is 0 Å². The number of hydrogen-bond donors (Lipinski definition) is 3. The van der Waals surface area contributed by atoms with Crippen molar-refractivity contribution in [2.75, 3.05) is 19.6 Å². The van der Waals surface area contributed by atoms with Crippen molar-refractivity contribution in [1.29, 1.82) is 0 Å². The summed E-state index contributed by atoms with van der Waals surface area (Å²) in [5.41, 5.74) is 0. The Bertz CT molecular complexity index is 424. The molecular formula is C17H37N3O4. The van der Waals surface area contributed by atoms with Crippen LogP contribution in [0.15, 0.2) is 0 Å². The van der Waals surface area contributed by atoms with E-state index in [4.69, 9.17) is 0 Å². The molecule has 0 aliphatic heterocycles. The molecule has 0 radical (unpaired) electrons. The lowest BCUT2D eigenvalue weighted by molar-refractivity contribution is -0.125. The van der Waals surface area contributed by atoms with E-state index < -0.39 is 0 Å². The molecule has 0 bridgehead atoms. The van der Waals surface area contributed by atoms with E-state index in [0.29, 0.717) is 51.7 Å². The number of rotatable bonds is 14. The van der Waals surface area contributed by atoms with E-state index in [1.54, 1.807) is 6.92 Å². The molecule has 0 heterocycles. The molecule has 0 unspecified atom stereocenters. The molecule has 7 heteroatoms. The minimum absolute atomic E-state index is 0. The summed E-state index contributed by atoms with van der Waals surface area (Å²) in [5.74, 6) is -0.155. The molecule has 0 aromatic rings. The van der Waals surface area contributed by atoms with Gasteiger partial charge in [-0.05, 0) is 19.3 Å². The van der Waals surface area contributed by atoms with Crippen molar-refractivity contribution in [3.8, 4) is 0 Å². The van der Waals surface area contributed by atoms with Gasteiger partial charge in [0.15, 0.2) is 0 Å². The van der Waals surface area contributed by atoms with Crippen LogP contribution in [0.25, 0.3) is 0 Å². The molecule has 0 spiro atoms. The molecule has 144 valence electrons. The van der Waals surface area contributed by atoms with Gasteiger partial charge < -0.3 is 16.0 Å². The third kappa shape index (κ3) is 13.7. The van der Waals surface area contributed by atoms with Gasteiger partial charge in [0.2, 0.25) is 17.7 Å². The average molecular weight is 348 g/mol. The fourth-order valence-corrected chi connectivity index (χ4v) is 1.91. The Labute approximate surface area is 148 Å². The van der Waals surface area contributed by atoms with Crippen LogP contribution < -0.4 is 16.0 Å². The predicted octanol–water partition coefficient (Wildman–Crippen LogP) is 1.80. The molecule has 3 N–H and O–H groups in total. The molecule has 0 aliphatic carbocycles. The minimum atomic E-state index is -0.157. The Morgan fingerprint density at radius 1 is 0.667 bits per heavy atom. The van der Waals surface area contributed by atoms with Gasteiger partial charge in [0.05, 0.1) is 0 Å². The van der Waals surface area contributed by atoms with Crippen molar-refractivity contribution in [2.45, 2.75) is 65.2 Å². The number of hydrogen-bond acceptors (Lipinski definition) is 4. The SMILES string of the molecule is CCCNC(=O)CCCNC(=O)CCCNC(=O)CCC(=O)CC.[HH].[HH].[HH]. The first kappa shape index (κ1) is 22.1. The van der Waals surface area contributed by atoms with Crippen LogP contribution in [-0.2, 0) is 19.2 Å². The summed E-state index contributed by atoms with van der Waals surface area (Å²) < 4.78 is 0. The zero-order valence-electron chi connectivity index (χ0n) is 14.9. The van der Waals surface area contributed by atoms with Crippen LogP contribution in [0.2, 0.25) is 0 Å². The second-order valence-corrected chi connectivity index (χ2v) is 5.65. The average Bonchev–Trinajstić information content (AvgIpc) is 2.58. The van der Waals surface area contributed by atoms with Gasteiger partial charge in [0.1, 0.15) is 5.78 Å². The highest BCUT2D eigenvalue weighted by atomic mass is 16.2. The van der Waals surface area contributed by atoms with Crippen molar-refractivity contribution in [3.05, 3.63) is 0 Å². The summed E-state index contributed by atoms with van der Waals surface area (Å²) in [6.07, 6.45) is 3.75. The van der Waals surface area contributed by atoms with Crippen LogP contribution in [0, 0.1) is 0 Å². The van der Waals surface area contributed by atoms with Crippen molar-refractivity contribution >= 4 is 23.5 Å². The Morgan fingerprint density at radius 3 is 1.58 bits per heavy atom. The lowest BCUT2D eigenvalue weighted by Gasteiger charge is -2.07. The molecule has 24 heavy (non-hydrogen) atoms. The first-order chi connectivity index (χ1) is 11.5. The smallest absolute Gasteiger partial charge is 0.220 e. The molecule has 0 saturated carbocycles. The summed E-state index contributed by atoms with van der Waals surface area (Å²) in [4.78, 5) is 45.5. The standard InChI is InChI=1S/C17H31N3O4.3H2/c1-3-11-18-15(22)7-5-12-19-16(23)8-6-13-20-17(24)10-9-14(21)4-2;;;/h3-13H2,1-2H3,(H,18,22)(H,19,23)(H,20,24);3*1H. The fraction of sp³-hybridized carbons (Fsp3) is 0.765. The Morgan fingerprint density at radius 2 is 1.12 bits per heavy atom. The van der Waals surface area contributed by atoms with Gasteiger partial charge in [0, 0.05) is 56.0 Å². The first-order valence-corrected chi connectivity index (χ1v) is 8.81. The molecule has 0 atom stereocenters. The molecule has 3 amide bonds. The molecule has 7 nitrogen and oxygen atoms in total. The Kier molecular flexibility index (Phi) is 13.5.